The minimum Gasteiger partial charge on any atom is -0.505 e. The SMILES string of the molecule is O=[N+]([O-])c1cccc(O)c1NS(=O)(=O)c1ccccc1. The van der Waals surface area contributed by atoms with E-state index in [1.54, 1.807) is 6.07 Å². The first kappa shape index (κ1) is 13.8. The molecule has 2 aromatic rings. The highest BCUT2D eigenvalue weighted by molar-refractivity contribution is 7.92. The molecule has 0 heterocycles. The number of nitro groups is 1. The topological polar surface area (TPSA) is 110 Å². The summed E-state index contributed by atoms with van der Waals surface area (Å²) in [5, 5.41) is 20.5. The van der Waals surface area contributed by atoms with Gasteiger partial charge in [0, 0.05) is 6.07 Å². The Labute approximate surface area is 114 Å². The Hall–Kier alpha value is -2.61. The lowest BCUT2D eigenvalue weighted by molar-refractivity contribution is -0.383. The molecule has 0 aromatic heterocycles. The molecule has 0 atom stereocenters. The Balaban J connectivity index is 2.48. The highest BCUT2D eigenvalue weighted by Crippen LogP contribution is 2.34. The summed E-state index contributed by atoms with van der Waals surface area (Å²) in [7, 11) is -4.01. The number of benzene rings is 2. The largest absolute Gasteiger partial charge is 0.505 e. The molecule has 0 spiro atoms. The highest BCUT2D eigenvalue weighted by Gasteiger charge is 2.23. The second-order valence-electron chi connectivity index (χ2n) is 3.85. The van der Waals surface area contributed by atoms with Crippen molar-refractivity contribution in [2.75, 3.05) is 4.72 Å². The number of hydrogen-bond acceptors (Lipinski definition) is 5. The van der Waals surface area contributed by atoms with Crippen LogP contribution < -0.4 is 4.72 Å². The van der Waals surface area contributed by atoms with Crippen LogP contribution in [0.3, 0.4) is 0 Å². The van der Waals surface area contributed by atoms with Gasteiger partial charge in [-0.3, -0.25) is 14.8 Å². The fraction of sp³-hybridized carbons (Fsp3) is 0. The van der Waals surface area contributed by atoms with Crippen LogP contribution >= 0.6 is 0 Å². The molecule has 0 radical (unpaired) electrons. The van der Waals surface area contributed by atoms with E-state index in [1.807, 2.05) is 4.72 Å². The maximum absolute atomic E-state index is 12.1. The van der Waals surface area contributed by atoms with Crippen LogP contribution in [0.15, 0.2) is 53.4 Å². The molecule has 20 heavy (non-hydrogen) atoms. The lowest BCUT2D eigenvalue weighted by Gasteiger charge is -2.09. The van der Waals surface area contributed by atoms with Crippen molar-refractivity contribution < 1.29 is 18.4 Å². The van der Waals surface area contributed by atoms with E-state index in [0.717, 1.165) is 12.1 Å². The predicted octanol–water partition coefficient (Wildman–Crippen LogP) is 2.10. The number of hydrogen-bond donors (Lipinski definition) is 2. The van der Waals surface area contributed by atoms with Gasteiger partial charge < -0.3 is 5.11 Å². The van der Waals surface area contributed by atoms with E-state index in [-0.39, 0.29) is 4.90 Å². The summed E-state index contributed by atoms with van der Waals surface area (Å²) < 4.78 is 26.2. The van der Waals surface area contributed by atoms with Gasteiger partial charge in [-0.25, -0.2) is 8.42 Å². The molecule has 2 rings (SSSR count). The maximum atomic E-state index is 12.1. The van der Waals surface area contributed by atoms with E-state index in [1.165, 1.54) is 30.3 Å². The lowest BCUT2D eigenvalue weighted by Crippen LogP contribution is -2.14. The third-order valence-corrected chi connectivity index (χ3v) is 3.87. The number of nitro benzene ring substituents is 1. The van der Waals surface area contributed by atoms with Crippen molar-refractivity contribution in [1.29, 1.82) is 0 Å². The van der Waals surface area contributed by atoms with Gasteiger partial charge in [0.25, 0.3) is 15.7 Å². The molecule has 0 aliphatic carbocycles. The van der Waals surface area contributed by atoms with Crippen molar-refractivity contribution in [3.05, 3.63) is 58.6 Å². The van der Waals surface area contributed by atoms with E-state index in [9.17, 15) is 23.6 Å². The number of nitrogens with zero attached hydrogens (tertiary/aromatic N) is 1. The summed E-state index contributed by atoms with van der Waals surface area (Å²) in [4.78, 5) is 10.0. The average Bonchev–Trinajstić information content (AvgIpc) is 2.41. The lowest BCUT2D eigenvalue weighted by atomic mass is 10.2. The molecule has 0 saturated heterocycles. The van der Waals surface area contributed by atoms with Crippen molar-refractivity contribution in [2.24, 2.45) is 0 Å². The standard InChI is InChI=1S/C12H10N2O5S/c15-11-8-4-7-10(14(16)17)12(11)13-20(18,19)9-5-2-1-3-6-9/h1-8,13,15H. The number of anilines is 1. The predicted molar refractivity (Wildman–Crippen MR) is 72.0 cm³/mol. The van der Waals surface area contributed by atoms with Gasteiger partial charge in [-0.1, -0.05) is 24.3 Å². The van der Waals surface area contributed by atoms with Crippen molar-refractivity contribution in [3.63, 3.8) is 0 Å². The Kier molecular flexibility index (Phi) is 3.57. The van der Waals surface area contributed by atoms with Crippen LogP contribution in [0.5, 0.6) is 5.75 Å². The molecule has 7 nitrogen and oxygen atoms in total. The van der Waals surface area contributed by atoms with E-state index < -0.39 is 32.1 Å². The van der Waals surface area contributed by atoms with Crippen LogP contribution in [-0.4, -0.2) is 18.4 Å². The van der Waals surface area contributed by atoms with E-state index in [4.69, 9.17) is 0 Å². The molecule has 0 fully saturated rings. The fourth-order valence-corrected chi connectivity index (χ4v) is 2.69. The summed E-state index contributed by atoms with van der Waals surface area (Å²) in [5.74, 6) is -0.515. The van der Waals surface area contributed by atoms with Crippen LogP contribution in [0.4, 0.5) is 11.4 Å². The van der Waals surface area contributed by atoms with Crippen LogP contribution in [0.2, 0.25) is 0 Å². The summed E-state index contributed by atoms with van der Waals surface area (Å²) in [5.41, 5.74) is -0.981. The van der Waals surface area contributed by atoms with E-state index in [2.05, 4.69) is 0 Å². The summed E-state index contributed by atoms with van der Waals surface area (Å²) in [6.45, 7) is 0. The van der Waals surface area contributed by atoms with Gasteiger partial charge in [0.15, 0.2) is 5.69 Å². The Bertz CT molecular complexity index is 744. The molecule has 0 aliphatic heterocycles. The summed E-state index contributed by atoms with van der Waals surface area (Å²) >= 11 is 0. The van der Waals surface area contributed by atoms with Gasteiger partial charge in [0.05, 0.1) is 9.82 Å². The zero-order valence-corrected chi connectivity index (χ0v) is 10.9. The first-order valence-corrected chi connectivity index (χ1v) is 6.94. The molecular formula is C12H10N2O5S. The third-order valence-electron chi connectivity index (χ3n) is 2.51. The number of nitrogens with one attached hydrogen (secondary N) is 1. The Morgan fingerprint density at radius 2 is 1.70 bits per heavy atom. The van der Waals surface area contributed by atoms with Crippen molar-refractivity contribution in [3.8, 4) is 5.75 Å². The van der Waals surface area contributed by atoms with Crippen molar-refractivity contribution >= 4 is 21.4 Å². The minimum atomic E-state index is -4.01. The number of phenols is 1. The molecular weight excluding hydrogens is 284 g/mol. The Morgan fingerprint density at radius 1 is 1.05 bits per heavy atom. The monoisotopic (exact) mass is 294 g/mol. The Morgan fingerprint density at radius 3 is 2.30 bits per heavy atom. The van der Waals surface area contributed by atoms with Crippen LogP contribution in [0.25, 0.3) is 0 Å². The number of rotatable bonds is 4. The van der Waals surface area contributed by atoms with Crippen molar-refractivity contribution in [1.82, 2.24) is 0 Å². The second kappa shape index (κ2) is 5.17. The van der Waals surface area contributed by atoms with E-state index >= 15 is 0 Å². The fourth-order valence-electron chi connectivity index (χ4n) is 1.58. The highest BCUT2D eigenvalue weighted by atomic mass is 32.2. The van der Waals surface area contributed by atoms with Crippen LogP contribution in [-0.2, 0) is 10.0 Å². The molecule has 8 heteroatoms. The van der Waals surface area contributed by atoms with Crippen LogP contribution in [0.1, 0.15) is 0 Å². The van der Waals surface area contributed by atoms with Crippen molar-refractivity contribution in [2.45, 2.75) is 4.90 Å². The summed E-state index contributed by atoms with van der Waals surface area (Å²) in [6.07, 6.45) is 0. The third kappa shape index (κ3) is 2.69. The van der Waals surface area contributed by atoms with Gasteiger partial charge >= 0.3 is 0 Å². The molecule has 0 saturated carbocycles. The minimum absolute atomic E-state index is 0.0578. The van der Waals surface area contributed by atoms with Crippen LogP contribution in [0, 0.1) is 10.1 Å². The average molecular weight is 294 g/mol. The second-order valence-corrected chi connectivity index (χ2v) is 5.53. The van der Waals surface area contributed by atoms with Gasteiger partial charge in [-0.05, 0) is 18.2 Å². The zero-order chi connectivity index (χ0) is 14.8. The molecule has 2 N–H and O–H groups in total. The van der Waals surface area contributed by atoms with Gasteiger partial charge in [0.2, 0.25) is 0 Å². The van der Waals surface area contributed by atoms with Gasteiger partial charge in [-0.2, -0.15) is 0 Å². The zero-order valence-electron chi connectivity index (χ0n) is 10.1. The first-order chi connectivity index (χ1) is 9.42. The first-order valence-electron chi connectivity index (χ1n) is 5.46. The van der Waals surface area contributed by atoms with E-state index in [0.29, 0.717) is 0 Å². The van der Waals surface area contributed by atoms with Gasteiger partial charge in [-0.15, -0.1) is 0 Å². The molecule has 104 valence electrons. The normalized spacial score (nSPS) is 11.0. The quantitative estimate of drug-likeness (QED) is 0.510. The number of aromatic hydroxyl groups is 1. The molecule has 0 unspecified atom stereocenters. The van der Waals surface area contributed by atoms with Gasteiger partial charge in [0.1, 0.15) is 5.75 Å². The number of para-hydroxylation sites is 1. The maximum Gasteiger partial charge on any atom is 0.297 e. The molecule has 0 amide bonds. The molecule has 0 bridgehead atoms. The molecule has 0 aliphatic rings. The number of phenolic OH excluding ortho intramolecular Hbond substituents is 1. The summed E-state index contributed by atoms with van der Waals surface area (Å²) in [6, 6.07) is 10.9. The molecule has 2 aromatic carbocycles. The number of sulfonamides is 1. The smallest absolute Gasteiger partial charge is 0.297 e.